The third-order valence-electron chi connectivity index (χ3n) is 2.13. The summed E-state index contributed by atoms with van der Waals surface area (Å²) in [6, 6.07) is 3.74. The Labute approximate surface area is 95.6 Å². The summed E-state index contributed by atoms with van der Waals surface area (Å²) in [5, 5.41) is 0. The van der Waals surface area contributed by atoms with Crippen LogP contribution in [0.1, 0.15) is 5.56 Å². The molecule has 2 N–H and O–H groups in total. The summed E-state index contributed by atoms with van der Waals surface area (Å²) < 4.78 is 15.7. The van der Waals surface area contributed by atoms with Gasteiger partial charge in [-0.3, -0.25) is 0 Å². The van der Waals surface area contributed by atoms with Gasteiger partial charge in [-0.1, -0.05) is 12.2 Å². The van der Waals surface area contributed by atoms with Gasteiger partial charge in [0.15, 0.2) is 11.5 Å². The van der Waals surface area contributed by atoms with E-state index in [1.165, 1.54) is 0 Å². The van der Waals surface area contributed by atoms with Crippen molar-refractivity contribution in [2.75, 3.05) is 27.9 Å². The SMILES string of the molecule is COc1cc(C=CCN)cc(OC)c1OC. The van der Waals surface area contributed by atoms with Gasteiger partial charge in [-0.05, 0) is 17.7 Å². The monoisotopic (exact) mass is 223 g/mol. The van der Waals surface area contributed by atoms with E-state index in [2.05, 4.69) is 0 Å². The van der Waals surface area contributed by atoms with Gasteiger partial charge in [-0.2, -0.15) is 0 Å². The lowest BCUT2D eigenvalue weighted by Crippen LogP contribution is -1.96. The Morgan fingerprint density at radius 1 is 1.06 bits per heavy atom. The first-order valence-electron chi connectivity index (χ1n) is 4.93. The second-order valence-electron chi connectivity index (χ2n) is 3.10. The van der Waals surface area contributed by atoms with E-state index in [0.717, 1.165) is 5.56 Å². The third kappa shape index (κ3) is 2.67. The van der Waals surface area contributed by atoms with Crippen LogP contribution in [-0.2, 0) is 0 Å². The highest BCUT2D eigenvalue weighted by Crippen LogP contribution is 2.38. The van der Waals surface area contributed by atoms with E-state index in [0.29, 0.717) is 23.8 Å². The van der Waals surface area contributed by atoms with Crippen LogP contribution < -0.4 is 19.9 Å². The molecule has 0 saturated carbocycles. The van der Waals surface area contributed by atoms with Crippen LogP contribution in [0.4, 0.5) is 0 Å². The van der Waals surface area contributed by atoms with Crippen molar-refractivity contribution in [3.63, 3.8) is 0 Å². The van der Waals surface area contributed by atoms with Crippen LogP contribution in [0, 0.1) is 0 Å². The molecule has 4 heteroatoms. The molecule has 0 unspecified atom stereocenters. The van der Waals surface area contributed by atoms with Crippen LogP contribution in [0.2, 0.25) is 0 Å². The Morgan fingerprint density at radius 2 is 1.62 bits per heavy atom. The fraction of sp³-hybridized carbons (Fsp3) is 0.333. The van der Waals surface area contributed by atoms with E-state index in [-0.39, 0.29) is 0 Å². The van der Waals surface area contributed by atoms with Crippen LogP contribution >= 0.6 is 0 Å². The molecule has 0 radical (unpaired) electrons. The van der Waals surface area contributed by atoms with Gasteiger partial charge < -0.3 is 19.9 Å². The van der Waals surface area contributed by atoms with Crippen molar-refractivity contribution in [2.24, 2.45) is 5.73 Å². The van der Waals surface area contributed by atoms with Gasteiger partial charge in [0, 0.05) is 6.54 Å². The summed E-state index contributed by atoms with van der Waals surface area (Å²) in [6.07, 6.45) is 3.77. The number of benzene rings is 1. The van der Waals surface area contributed by atoms with Crippen molar-refractivity contribution in [1.29, 1.82) is 0 Å². The number of nitrogens with two attached hydrogens (primary N) is 1. The van der Waals surface area contributed by atoms with Crippen molar-refractivity contribution in [3.05, 3.63) is 23.8 Å². The van der Waals surface area contributed by atoms with Crippen molar-refractivity contribution < 1.29 is 14.2 Å². The van der Waals surface area contributed by atoms with E-state index in [4.69, 9.17) is 19.9 Å². The summed E-state index contributed by atoms with van der Waals surface area (Å²) in [5.74, 6) is 1.87. The number of hydrogen-bond donors (Lipinski definition) is 1. The molecule has 88 valence electrons. The van der Waals surface area contributed by atoms with E-state index < -0.39 is 0 Å². The van der Waals surface area contributed by atoms with E-state index in [9.17, 15) is 0 Å². The predicted molar refractivity (Wildman–Crippen MR) is 64.2 cm³/mol. The Hall–Kier alpha value is -1.68. The zero-order valence-electron chi connectivity index (χ0n) is 9.82. The summed E-state index contributed by atoms with van der Waals surface area (Å²) >= 11 is 0. The van der Waals surface area contributed by atoms with Gasteiger partial charge in [0.05, 0.1) is 21.3 Å². The van der Waals surface area contributed by atoms with Crippen LogP contribution in [0.3, 0.4) is 0 Å². The number of hydrogen-bond acceptors (Lipinski definition) is 4. The molecule has 0 aliphatic rings. The molecule has 0 amide bonds. The van der Waals surface area contributed by atoms with Crippen molar-refractivity contribution in [3.8, 4) is 17.2 Å². The number of methoxy groups -OCH3 is 3. The minimum absolute atomic E-state index is 0.497. The van der Waals surface area contributed by atoms with Crippen LogP contribution in [0.15, 0.2) is 18.2 Å². The van der Waals surface area contributed by atoms with Crippen molar-refractivity contribution >= 4 is 6.08 Å². The van der Waals surface area contributed by atoms with Gasteiger partial charge >= 0.3 is 0 Å². The highest BCUT2D eigenvalue weighted by molar-refractivity contribution is 5.62. The molecular weight excluding hydrogens is 206 g/mol. The minimum atomic E-state index is 0.497. The molecule has 1 aromatic carbocycles. The molecule has 0 fully saturated rings. The smallest absolute Gasteiger partial charge is 0.203 e. The van der Waals surface area contributed by atoms with E-state index >= 15 is 0 Å². The molecule has 1 aromatic rings. The van der Waals surface area contributed by atoms with Gasteiger partial charge in [0.2, 0.25) is 5.75 Å². The Morgan fingerprint density at radius 3 is 2.00 bits per heavy atom. The Bertz CT molecular complexity index is 350. The van der Waals surface area contributed by atoms with E-state index in [1.54, 1.807) is 21.3 Å². The number of ether oxygens (including phenoxy) is 3. The quantitative estimate of drug-likeness (QED) is 0.825. The molecular formula is C12H17NO3. The molecule has 16 heavy (non-hydrogen) atoms. The first kappa shape index (κ1) is 12.4. The zero-order valence-corrected chi connectivity index (χ0v) is 9.82. The molecule has 0 spiro atoms. The largest absolute Gasteiger partial charge is 0.493 e. The second kappa shape index (κ2) is 6.02. The van der Waals surface area contributed by atoms with Crippen LogP contribution in [0.5, 0.6) is 17.2 Å². The molecule has 0 aliphatic carbocycles. The lowest BCUT2D eigenvalue weighted by Gasteiger charge is -2.12. The highest BCUT2D eigenvalue weighted by Gasteiger charge is 2.11. The molecule has 4 nitrogen and oxygen atoms in total. The average Bonchev–Trinajstić information content (AvgIpc) is 2.34. The maximum atomic E-state index is 5.40. The molecule has 0 aliphatic heterocycles. The summed E-state index contributed by atoms with van der Waals surface area (Å²) in [4.78, 5) is 0. The molecule has 0 atom stereocenters. The topological polar surface area (TPSA) is 53.7 Å². The van der Waals surface area contributed by atoms with Crippen molar-refractivity contribution in [2.45, 2.75) is 0 Å². The lowest BCUT2D eigenvalue weighted by molar-refractivity contribution is 0.324. The normalized spacial score (nSPS) is 10.5. The fourth-order valence-electron chi connectivity index (χ4n) is 1.40. The first-order chi connectivity index (χ1) is 7.76. The lowest BCUT2D eigenvalue weighted by atomic mass is 10.1. The maximum absolute atomic E-state index is 5.40. The molecule has 0 heterocycles. The Kier molecular flexibility index (Phi) is 4.66. The highest BCUT2D eigenvalue weighted by atomic mass is 16.5. The van der Waals surface area contributed by atoms with Crippen LogP contribution in [-0.4, -0.2) is 27.9 Å². The van der Waals surface area contributed by atoms with E-state index in [1.807, 2.05) is 24.3 Å². The number of rotatable bonds is 5. The minimum Gasteiger partial charge on any atom is -0.493 e. The zero-order chi connectivity index (χ0) is 12.0. The third-order valence-corrected chi connectivity index (χ3v) is 2.13. The van der Waals surface area contributed by atoms with Gasteiger partial charge in [-0.15, -0.1) is 0 Å². The Balaban J connectivity index is 3.20. The molecule has 1 rings (SSSR count). The molecule has 0 bridgehead atoms. The average molecular weight is 223 g/mol. The van der Waals surface area contributed by atoms with Crippen molar-refractivity contribution in [1.82, 2.24) is 0 Å². The predicted octanol–water partition coefficient (Wildman–Crippen LogP) is 1.68. The van der Waals surface area contributed by atoms with Gasteiger partial charge in [-0.25, -0.2) is 0 Å². The maximum Gasteiger partial charge on any atom is 0.203 e. The fourth-order valence-corrected chi connectivity index (χ4v) is 1.40. The summed E-state index contributed by atoms with van der Waals surface area (Å²) in [7, 11) is 4.76. The molecule has 0 aromatic heterocycles. The first-order valence-corrected chi connectivity index (χ1v) is 4.93. The van der Waals surface area contributed by atoms with Gasteiger partial charge in [0.1, 0.15) is 0 Å². The van der Waals surface area contributed by atoms with Gasteiger partial charge in [0.25, 0.3) is 0 Å². The summed E-state index contributed by atoms with van der Waals surface area (Å²) in [5.41, 5.74) is 6.36. The summed E-state index contributed by atoms with van der Waals surface area (Å²) in [6.45, 7) is 0.497. The molecule has 0 saturated heterocycles. The standard InChI is InChI=1S/C12H17NO3/c1-14-10-7-9(5-4-6-13)8-11(15-2)12(10)16-3/h4-5,7-8H,6,13H2,1-3H3. The second-order valence-corrected chi connectivity index (χ2v) is 3.10. The van der Waals surface area contributed by atoms with Crippen LogP contribution in [0.25, 0.3) is 6.08 Å².